The molecule has 0 radical (unpaired) electrons. The molecule has 0 fully saturated rings. The summed E-state index contributed by atoms with van der Waals surface area (Å²) in [6, 6.07) is 3.27. The van der Waals surface area contributed by atoms with E-state index in [4.69, 9.17) is 27.9 Å². The molecule has 1 heterocycles. The Bertz CT molecular complexity index is 239. The van der Waals surface area contributed by atoms with E-state index in [0.717, 1.165) is 0 Å². The number of carbonyl (C=O) groups is 1. The van der Waals surface area contributed by atoms with Gasteiger partial charge in [0.1, 0.15) is 0 Å². The molecule has 5 heteroatoms. The SMILES string of the molecule is CCOC(C)(Cl)Cl.O=Cc1ccco1. The van der Waals surface area contributed by atoms with Crippen molar-refractivity contribution in [2.75, 3.05) is 6.61 Å². The van der Waals surface area contributed by atoms with Crippen LogP contribution in [-0.4, -0.2) is 17.4 Å². The molecule has 80 valence electrons. The van der Waals surface area contributed by atoms with Gasteiger partial charge in [0, 0.05) is 6.61 Å². The average molecular weight is 239 g/mol. The van der Waals surface area contributed by atoms with Crippen molar-refractivity contribution in [1.82, 2.24) is 0 Å². The Balaban J connectivity index is 0.000000241. The van der Waals surface area contributed by atoms with E-state index in [-0.39, 0.29) is 0 Å². The lowest BCUT2D eigenvalue weighted by molar-refractivity contribution is 0.102. The Hall–Kier alpha value is -0.510. The minimum Gasteiger partial charge on any atom is -0.462 e. The zero-order valence-corrected chi connectivity index (χ0v) is 9.51. The van der Waals surface area contributed by atoms with Crippen LogP contribution in [0.15, 0.2) is 22.8 Å². The highest BCUT2D eigenvalue weighted by Gasteiger charge is 2.13. The third kappa shape index (κ3) is 8.10. The van der Waals surface area contributed by atoms with Crippen molar-refractivity contribution in [2.24, 2.45) is 0 Å². The van der Waals surface area contributed by atoms with E-state index < -0.39 is 4.52 Å². The summed E-state index contributed by atoms with van der Waals surface area (Å²) in [4.78, 5) is 9.77. The van der Waals surface area contributed by atoms with Crippen LogP contribution in [0.1, 0.15) is 24.4 Å². The number of hydrogen-bond acceptors (Lipinski definition) is 3. The smallest absolute Gasteiger partial charge is 0.214 e. The molecule has 0 saturated heterocycles. The van der Waals surface area contributed by atoms with Crippen LogP contribution in [0.25, 0.3) is 0 Å². The number of hydrogen-bond donors (Lipinski definition) is 0. The quantitative estimate of drug-likeness (QED) is 0.600. The van der Waals surface area contributed by atoms with E-state index in [2.05, 4.69) is 4.42 Å². The van der Waals surface area contributed by atoms with Gasteiger partial charge in [-0.2, -0.15) is 0 Å². The van der Waals surface area contributed by atoms with E-state index >= 15 is 0 Å². The van der Waals surface area contributed by atoms with Crippen molar-refractivity contribution in [3.8, 4) is 0 Å². The normalized spacial score (nSPS) is 10.3. The number of aldehydes is 1. The van der Waals surface area contributed by atoms with Crippen LogP contribution in [0, 0.1) is 0 Å². The fraction of sp³-hybridized carbons (Fsp3) is 0.444. The predicted molar refractivity (Wildman–Crippen MR) is 55.8 cm³/mol. The van der Waals surface area contributed by atoms with Crippen molar-refractivity contribution in [3.63, 3.8) is 0 Å². The van der Waals surface area contributed by atoms with Gasteiger partial charge in [-0.1, -0.05) is 23.2 Å². The lowest BCUT2D eigenvalue weighted by Gasteiger charge is -2.10. The first-order chi connectivity index (χ1) is 6.49. The molecule has 1 aromatic rings. The summed E-state index contributed by atoms with van der Waals surface area (Å²) in [5.74, 6) is 0.375. The number of carbonyl (C=O) groups excluding carboxylic acids is 1. The molecule has 0 aliphatic rings. The predicted octanol–water partition coefficient (Wildman–Crippen LogP) is 3.27. The summed E-state index contributed by atoms with van der Waals surface area (Å²) in [7, 11) is 0. The molecule has 3 nitrogen and oxygen atoms in total. The van der Waals surface area contributed by atoms with Crippen LogP contribution in [0.2, 0.25) is 0 Å². The molecule has 1 aromatic heterocycles. The van der Waals surface area contributed by atoms with Gasteiger partial charge in [0.25, 0.3) is 0 Å². The number of halogens is 2. The van der Waals surface area contributed by atoms with E-state index in [1.54, 1.807) is 19.1 Å². The van der Waals surface area contributed by atoms with E-state index in [1.807, 2.05) is 6.92 Å². The van der Waals surface area contributed by atoms with Crippen LogP contribution in [0.5, 0.6) is 0 Å². The molecule has 1 rings (SSSR count). The van der Waals surface area contributed by atoms with Gasteiger partial charge in [-0.15, -0.1) is 0 Å². The number of furan rings is 1. The Morgan fingerprint density at radius 1 is 1.64 bits per heavy atom. The molecule has 0 unspecified atom stereocenters. The maximum absolute atomic E-state index is 9.77. The van der Waals surface area contributed by atoms with Crippen molar-refractivity contribution >= 4 is 29.5 Å². The van der Waals surface area contributed by atoms with Crippen molar-refractivity contribution in [3.05, 3.63) is 24.2 Å². The van der Waals surface area contributed by atoms with Gasteiger partial charge in [-0.25, -0.2) is 0 Å². The summed E-state index contributed by atoms with van der Waals surface area (Å²) in [6.07, 6.45) is 2.13. The number of ether oxygens (including phenoxy) is 1. The summed E-state index contributed by atoms with van der Waals surface area (Å²) in [5.41, 5.74) is 0. The fourth-order valence-corrected chi connectivity index (χ4v) is 0.830. The Morgan fingerprint density at radius 3 is 2.43 bits per heavy atom. The third-order valence-corrected chi connectivity index (χ3v) is 1.28. The van der Waals surface area contributed by atoms with E-state index in [1.165, 1.54) is 6.26 Å². The van der Waals surface area contributed by atoms with Gasteiger partial charge >= 0.3 is 0 Å². The first kappa shape index (κ1) is 13.5. The van der Waals surface area contributed by atoms with E-state index in [0.29, 0.717) is 18.7 Å². The van der Waals surface area contributed by atoms with Gasteiger partial charge in [0.05, 0.1) is 6.26 Å². The summed E-state index contributed by atoms with van der Waals surface area (Å²) in [6.45, 7) is 3.96. The summed E-state index contributed by atoms with van der Waals surface area (Å²) < 4.78 is 8.37. The fourth-order valence-electron chi connectivity index (χ4n) is 0.612. The first-order valence-corrected chi connectivity index (χ1v) is 4.75. The highest BCUT2D eigenvalue weighted by atomic mass is 35.5. The van der Waals surface area contributed by atoms with E-state index in [9.17, 15) is 4.79 Å². The van der Waals surface area contributed by atoms with Crippen LogP contribution < -0.4 is 0 Å². The van der Waals surface area contributed by atoms with Crippen LogP contribution in [0.3, 0.4) is 0 Å². The topological polar surface area (TPSA) is 39.4 Å². The maximum atomic E-state index is 9.77. The molecule has 0 N–H and O–H groups in total. The maximum Gasteiger partial charge on any atom is 0.214 e. The van der Waals surface area contributed by atoms with Gasteiger partial charge in [0.15, 0.2) is 12.0 Å². The second kappa shape index (κ2) is 6.87. The van der Waals surface area contributed by atoms with Gasteiger partial charge in [0.2, 0.25) is 4.52 Å². The monoisotopic (exact) mass is 238 g/mol. The minimum atomic E-state index is -1.01. The molecule has 0 aliphatic carbocycles. The van der Waals surface area contributed by atoms with Crippen LogP contribution >= 0.6 is 23.2 Å². The molecule has 0 aliphatic heterocycles. The Kier molecular flexibility index (Phi) is 6.62. The minimum absolute atomic E-state index is 0.375. The van der Waals surface area contributed by atoms with Crippen molar-refractivity contribution < 1.29 is 13.9 Å². The Labute approximate surface area is 92.9 Å². The molecule has 0 atom stereocenters. The molecular formula is C9H12Cl2O3. The molecule has 0 bridgehead atoms. The lowest BCUT2D eigenvalue weighted by Crippen LogP contribution is -2.10. The summed E-state index contributed by atoms with van der Waals surface area (Å²) in [5, 5.41) is 0. The molecule has 0 spiro atoms. The average Bonchev–Trinajstić information content (AvgIpc) is 2.54. The second-order valence-electron chi connectivity index (χ2n) is 2.37. The molecule has 0 saturated carbocycles. The van der Waals surface area contributed by atoms with Gasteiger partial charge in [-0.05, 0) is 26.0 Å². The molecule has 0 amide bonds. The lowest BCUT2D eigenvalue weighted by atomic mass is 10.5. The zero-order valence-electron chi connectivity index (χ0n) is 8.00. The van der Waals surface area contributed by atoms with Crippen molar-refractivity contribution in [2.45, 2.75) is 18.4 Å². The highest BCUT2D eigenvalue weighted by molar-refractivity contribution is 6.46. The number of alkyl halides is 2. The van der Waals surface area contributed by atoms with Gasteiger partial charge in [-0.3, -0.25) is 4.79 Å². The second-order valence-corrected chi connectivity index (χ2v) is 4.01. The largest absolute Gasteiger partial charge is 0.462 e. The Morgan fingerprint density at radius 2 is 2.29 bits per heavy atom. The van der Waals surface area contributed by atoms with Crippen LogP contribution in [0.4, 0.5) is 0 Å². The van der Waals surface area contributed by atoms with Gasteiger partial charge < -0.3 is 9.15 Å². The summed E-state index contributed by atoms with van der Waals surface area (Å²) >= 11 is 10.8. The molecular weight excluding hydrogens is 227 g/mol. The zero-order chi connectivity index (χ0) is 11.0. The standard InChI is InChI=1S/C5H4O2.C4H8Cl2O/c6-4-5-2-1-3-7-5;1-3-7-4(2,5)6/h1-4H;3H2,1-2H3. The number of rotatable bonds is 3. The highest BCUT2D eigenvalue weighted by Crippen LogP contribution is 2.19. The first-order valence-electron chi connectivity index (χ1n) is 4.00. The van der Waals surface area contributed by atoms with Crippen LogP contribution in [-0.2, 0) is 4.74 Å². The molecule has 0 aromatic carbocycles. The third-order valence-electron chi connectivity index (χ3n) is 1.06. The van der Waals surface area contributed by atoms with Crippen molar-refractivity contribution in [1.29, 1.82) is 0 Å². The molecule has 14 heavy (non-hydrogen) atoms.